The molecule has 112 valence electrons. The van der Waals surface area contributed by atoms with Gasteiger partial charge in [0.25, 0.3) is 0 Å². The van der Waals surface area contributed by atoms with Crippen LogP contribution < -0.4 is 0 Å². The Morgan fingerprint density at radius 2 is 2.10 bits per heavy atom. The highest BCUT2D eigenvalue weighted by atomic mass is 32.1. The maximum absolute atomic E-state index is 12.1. The number of oxime groups is 1. The Morgan fingerprint density at radius 3 is 2.57 bits per heavy atom. The second kappa shape index (κ2) is 5.81. The lowest BCUT2D eigenvalue weighted by Gasteiger charge is -2.19. The van der Waals surface area contributed by atoms with Gasteiger partial charge in [-0.2, -0.15) is 0 Å². The maximum Gasteiger partial charge on any atom is 0.371 e. The zero-order valence-electron chi connectivity index (χ0n) is 12.8. The zero-order chi connectivity index (χ0) is 15.6. The molecule has 0 aliphatic heterocycles. The zero-order valence-corrected chi connectivity index (χ0v) is 13.6. The molecule has 0 unspecified atom stereocenters. The van der Waals surface area contributed by atoms with Gasteiger partial charge in [-0.1, -0.05) is 37.1 Å². The summed E-state index contributed by atoms with van der Waals surface area (Å²) in [5, 5.41) is 9.79. The molecule has 0 saturated carbocycles. The van der Waals surface area contributed by atoms with Gasteiger partial charge in [0.15, 0.2) is 0 Å². The summed E-state index contributed by atoms with van der Waals surface area (Å²) in [4.78, 5) is 18.2. The van der Waals surface area contributed by atoms with Crippen LogP contribution in [0.4, 0.5) is 0 Å². The molecule has 0 aliphatic rings. The molecule has 2 aromatic heterocycles. The van der Waals surface area contributed by atoms with E-state index in [-0.39, 0.29) is 5.41 Å². The van der Waals surface area contributed by atoms with Crippen molar-refractivity contribution in [2.45, 2.75) is 34.6 Å². The van der Waals surface area contributed by atoms with Crippen molar-refractivity contribution < 1.29 is 14.2 Å². The molecule has 5 nitrogen and oxygen atoms in total. The molecule has 2 heterocycles. The molecule has 0 spiro atoms. The van der Waals surface area contributed by atoms with Crippen LogP contribution in [-0.4, -0.2) is 16.8 Å². The van der Waals surface area contributed by atoms with E-state index in [4.69, 9.17) is 9.36 Å². The predicted octanol–water partition coefficient (Wildman–Crippen LogP) is 3.96. The van der Waals surface area contributed by atoms with E-state index in [1.54, 1.807) is 25.2 Å². The van der Waals surface area contributed by atoms with Gasteiger partial charge in [-0.05, 0) is 25.3 Å². The first-order valence-corrected chi connectivity index (χ1v) is 7.45. The molecule has 21 heavy (non-hydrogen) atoms. The summed E-state index contributed by atoms with van der Waals surface area (Å²) in [5.74, 6) is -0.120. The van der Waals surface area contributed by atoms with E-state index in [1.165, 1.54) is 0 Å². The van der Waals surface area contributed by atoms with Crippen molar-refractivity contribution in [3.63, 3.8) is 0 Å². The summed E-state index contributed by atoms with van der Waals surface area (Å²) in [6, 6.07) is 3.90. The minimum atomic E-state index is -0.551. The molecule has 0 amide bonds. The molecule has 0 radical (unpaired) electrons. The van der Waals surface area contributed by atoms with Crippen LogP contribution in [0, 0.1) is 19.3 Å². The fourth-order valence-corrected chi connectivity index (χ4v) is 2.79. The summed E-state index contributed by atoms with van der Waals surface area (Å²) in [7, 11) is 0. The van der Waals surface area contributed by atoms with Crippen LogP contribution in [0.5, 0.6) is 0 Å². The second-order valence-corrected chi connectivity index (χ2v) is 6.69. The van der Waals surface area contributed by atoms with E-state index < -0.39 is 5.97 Å². The van der Waals surface area contributed by atoms with Gasteiger partial charge in [0.05, 0.1) is 10.6 Å². The predicted molar refractivity (Wildman–Crippen MR) is 81.7 cm³/mol. The highest BCUT2D eigenvalue weighted by Gasteiger charge is 2.25. The Morgan fingerprint density at radius 1 is 1.38 bits per heavy atom. The van der Waals surface area contributed by atoms with Crippen molar-refractivity contribution in [1.82, 2.24) is 5.16 Å². The summed E-state index contributed by atoms with van der Waals surface area (Å²) in [6.45, 7) is 9.44. The molecule has 0 aliphatic carbocycles. The topological polar surface area (TPSA) is 64.7 Å². The van der Waals surface area contributed by atoms with E-state index in [2.05, 4.69) is 10.3 Å². The van der Waals surface area contributed by atoms with Crippen LogP contribution >= 0.6 is 11.3 Å². The van der Waals surface area contributed by atoms with E-state index in [1.807, 2.05) is 38.3 Å². The van der Waals surface area contributed by atoms with Gasteiger partial charge in [-0.3, -0.25) is 0 Å². The molecule has 0 atom stereocenters. The standard InChI is InChI=1S/C15H18N2O3S/c1-9-12(10(2)19-16-9)14(18)20-17-13(15(3,4)5)11-7-6-8-21-11/h6-8H,1-5H3/b17-13+. The third-order valence-electron chi connectivity index (χ3n) is 2.92. The molecule has 2 aromatic rings. The molecular formula is C15H18N2O3S. The van der Waals surface area contributed by atoms with E-state index >= 15 is 0 Å². The highest BCUT2D eigenvalue weighted by Crippen LogP contribution is 2.25. The summed E-state index contributed by atoms with van der Waals surface area (Å²) < 4.78 is 4.97. The van der Waals surface area contributed by atoms with Gasteiger partial charge in [-0.25, -0.2) is 4.79 Å². The molecule has 0 N–H and O–H groups in total. The van der Waals surface area contributed by atoms with Gasteiger partial charge in [0.1, 0.15) is 17.0 Å². The Balaban J connectivity index is 2.27. The van der Waals surface area contributed by atoms with Crippen molar-refractivity contribution in [3.05, 3.63) is 39.4 Å². The molecule has 0 fully saturated rings. The Bertz CT molecular complexity index is 644. The van der Waals surface area contributed by atoms with Crippen LogP contribution in [0.15, 0.2) is 27.2 Å². The second-order valence-electron chi connectivity index (χ2n) is 5.75. The lowest BCUT2D eigenvalue weighted by molar-refractivity contribution is 0.0510. The lowest BCUT2D eigenvalue weighted by atomic mass is 9.89. The summed E-state index contributed by atoms with van der Waals surface area (Å²) in [5.41, 5.74) is 1.33. The quantitative estimate of drug-likeness (QED) is 0.489. The monoisotopic (exact) mass is 306 g/mol. The first-order valence-electron chi connectivity index (χ1n) is 6.57. The van der Waals surface area contributed by atoms with Crippen molar-refractivity contribution in [2.24, 2.45) is 10.6 Å². The number of aryl methyl sites for hydroxylation is 2. The van der Waals surface area contributed by atoms with Crippen molar-refractivity contribution >= 4 is 23.0 Å². The molecule has 0 bridgehead atoms. The molecular weight excluding hydrogens is 288 g/mol. The Hall–Kier alpha value is -1.95. The van der Waals surface area contributed by atoms with Gasteiger partial charge in [0.2, 0.25) is 0 Å². The summed E-state index contributed by atoms with van der Waals surface area (Å²) >= 11 is 1.56. The average molecular weight is 306 g/mol. The van der Waals surface area contributed by atoms with Crippen LogP contribution in [0.2, 0.25) is 0 Å². The number of thiophene rings is 1. The molecule has 0 saturated heterocycles. The SMILES string of the molecule is Cc1noc(C)c1C(=O)O/N=C(\c1cccs1)C(C)(C)C. The average Bonchev–Trinajstić information content (AvgIpc) is 2.98. The lowest BCUT2D eigenvalue weighted by Crippen LogP contribution is -2.21. The van der Waals surface area contributed by atoms with E-state index in [0.717, 1.165) is 10.6 Å². The summed E-state index contributed by atoms with van der Waals surface area (Å²) in [6.07, 6.45) is 0. The first-order chi connectivity index (χ1) is 9.80. The van der Waals surface area contributed by atoms with Crippen molar-refractivity contribution in [3.8, 4) is 0 Å². The molecule has 0 aromatic carbocycles. The van der Waals surface area contributed by atoms with Crippen molar-refractivity contribution in [2.75, 3.05) is 0 Å². The number of aromatic nitrogens is 1. The number of hydrogen-bond acceptors (Lipinski definition) is 6. The van der Waals surface area contributed by atoms with Crippen LogP contribution in [0.25, 0.3) is 0 Å². The van der Waals surface area contributed by atoms with Gasteiger partial charge in [0, 0.05) is 5.41 Å². The van der Waals surface area contributed by atoms with Crippen LogP contribution in [0.1, 0.15) is 47.5 Å². The Kier molecular flexibility index (Phi) is 4.27. The Labute approximate surface area is 127 Å². The smallest absolute Gasteiger partial charge is 0.361 e. The molecule has 2 rings (SSSR count). The van der Waals surface area contributed by atoms with Gasteiger partial charge in [-0.15, -0.1) is 11.3 Å². The first kappa shape index (κ1) is 15.4. The number of rotatable bonds is 3. The third kappa shape index (κ3) is 3.39. The maximum atomic E-state index is 12.1. The number of nitrogens with zero attached hydrogens (tertiary/aromatic N) is 2. The number of hydrogen-bond donors (Lipinski definition) is 0. The fourth-order valence-electron chi connectivity index (χ4n) is 1.87. The van der Waals surface area contributed by atoms with Crippen LogP contribution in [0.3, 0.4) is 0 Å². The highest BCUT2D eigenvalue weighted by molar-refractivity contribution is 7.12. The normalized spacial score (nSPS) is 12.5. The minimum Gasteiger partial charge on any atom is -0.361 e. The number of carbonyl (C=O) groups is 1. The number of carbonyl (C=O) groups excluding carboxylic acids is 1. The van der Waals surface area contributed by atoms with Gasteiger partial charge < -0.3 is 9.36 Å². The largest absolute Gasteiger partial charge is 0.371 e. The minimum absolute atomic E-state index is 0.232. The van der Waals surface area contributed by atoms with Gasteiger partial charge >= 0.3 is 5.97 Å². The van der Waals surface area contributed by atoms with E-state index in [0.29, 0.717) is 17.0 Å². The molecule has 6 heteroatoms. The van der Waals surface area contributed by atoms with Crippen LogP contribution in [-0.2, 0) is 4.84 Å². The van der Waals surface area contributed by atoms with Crippen molar-refractivity contribution in [1.29, 1.82) is 0 Å². The third-order valence-corrected chi connectivity index (χ3v) is 3.80. The fraction of sp³-hybridized carbons (Fsp3) is 0.400. The van der Waals surface area contributed by atoms with E-state index in [9.17, 15) is 4.79 Å².